The van der Waals surface area contributed by atoms with E-state index in [1.807, 2.05) is 62.9 Å². The van der Waals surface area contributed by atoms with E-state index in [2.05, 4.69) is 40.0 Å². The fourth-order valence-corrected chi connectivity index (χ4v) is 12.8. The van der Waals surface area contributed by atoms with Crippen molar-refractivity contribution in [1.82, 2.24) is 25.1 Å². The van der Waals surface area contributed by atoms with Gasteiger partial charge in [-0.05, 0) is 157 Å². The molecule has 9 rings (SSSR count). The van der Waals surface area contributed by atoms with Crippen molar-refractivity contribution in [3.8, 4) is 16.9 Å². The first-order valence-corrected chi connectivity index (χ1v) is 28.4. The number of anilines is 3. The van der Waals surface area contributed by atoms with E-state index >= 15 is 0 Å². The van der Waals surface area contributed by atoms with Crippen LogP contribution in [0, 0.1) is 24.7 Å². The molecule has 1 aliphatic carbocycles. The molecule has 1 saturated carbocycles. The Morgan fingerprint density at radius 2 is 1.57 bits per heavy atom. The van der Waals surface area contributed by atoms with E-state index in [4.69, 9.17) is 31.0 Å². The number of carbonyl (C=O) groups excluding carboxylic acids is 5. The van der Waals surface area contributed by atoms with Gasteiger partial charge in [0.25, 0.3) is 5.91 Å². The van der Waals surface area contributed by atoms with E-state index in [9.17, 15) is 24.0 Å². The van der Waals surface area contributed by atoms with Crippen molar-refractivity contribution in [2.75, 3.05) is 62.0 Å². The molecule has 3 aromatic carbocycles. The fourth-order valence-electron chi connectivity index (χ4n) is 11.6. The number of halogens is 1. The van der Waals surface area contributed by atoms with Crippen molar-refractivity contribution in [3.05, 3.63) is 92.9 Å². The summed E-state index contributed by atoms with van der Waals surface area (Å²) in [7, 11) is 3.46. The van der Waals surface area contributed by atoms with Crippen LogP contribution < -0.4 is 25.2 Å². The number of nitrogens with one attached hydrogen (secondary N) is 2. The highest BCUT2D eigenvalue weighted by Gasteiger charge is 2.34. The molecule has 17 heteroatoms. The van der Waals surface area contributed by atoms with Crippen molar-refractivity contribution >= 4 is 80.9 Å². The van der Waals surface area contributed by atoms with Gasteiger partial charge in [-0.25, -0.2) is 19.6 Å². The Morgan fingerprint density at radius 3 is 2.24 bits per heavy atom. The molecule has 0 radical (unpaired) electrons. The quantitative estimate of drug-likeness (QED) is 0.109. The number of imide groups is 1. The molecular weight excluding hydrogens is 1000 g/mol. The van der Waals surface area contributed by atoms with Crippen molar-refractivity contribution in [2.45, 2.75) is 129 Å². The monoisotopic (exact) mass is 1070 g/mol. The smallest absolute Gasteiger partial charge is 0.414 e. The second-order valence-electron chi connectivity index (χ2n) is 22.3. The van der Waals surface area contributed by atoms with E-state index < -0.39 is 17.7 Å². The zero-order valence-corrected chi connectivity index (χ0v) is 46.7. The SMILES string of the molecule is COc1cc2nc(C)nc(N[C@H](C)c3cc(-c4ccccc4N(C)C(=O)OC(C)(C)C)cs3)c2cc1C1CCC(C(=O)N2CCC(CCCC3CCN(C(=O)c4ccc(Cl)c(N5CCC(=O)NC5=O)c4)CC3)CC2)CC1. The van der Waals surface area contributed by atoms with E-state index in [-0.39, 0.29) is 42.7 Å². The van der Waals surface area contributed by atoms with Crippen LogP contribution in [0.25, 0.3) is 22.0 Å². The number of fused-ring (bicyclic) bond motifs is 1. The summed E-state index contributed by atoms with van der Waals surface area (Å²) < 4.78 is 11.7. The van der Waals surface area contributed by atoms with Gasteiger partial charge < -0.3 is 24.6 Å². The highest BCUT2D eigenvalue weighted by Crippen LogP contribution is 2.44. The third-order valence-corrected chi connectivity index (χ3v) is 17.3. The second-order valence-corrected chi connectivity index (χ2v) is 23.6. The lowest BCUT2D eigenvalue weighted by Gasteiger charge is -2.37. The van der Waals surface area contributed by atoms with Crippen LogP contribution in [0.4, 0.5) is 26.8 Å². The molecule has 0 unspecified atom stereocenters. The Bertz CT molecular complexity index is 2950. The number of thiophene rings is 1. The topological polar surface area (TPSA) is 167 Å². The van der Waals surface area contributed by atoms with Crippen molar-refractivity contribution in [1.29, 1.82) is 0 Å². The highest BCUT2D eigenvalue weighted by atomic mass is 35.5. The van der Waals surface area contributed by atoms with Crippen molar-refractivity contribution in [3.63, 3.8) is 0 Å². The largest absolute Gasteiger partial charge is 0.496 e. The number of rotatable bonds is 14. The molecule has 0 spiro atoms. The molecule has 404 valence electrons. The summed E-state index contributed by atoms with van der Waals surface area (Å²) in [5.74, 6) is 3.65. The first-order chi connectivity index (χ1) is 36.4. The van der Waals surface area contributed by atoms with Gasteiger partial charge in [-0.1, -0.05) is 49.1 Å². The predicted molar refractivity (Wildman–Crippen MR) is 301 cm³/mol. The van der Waals surface area contributed by atoms with E-state index in [1.54, 1.807) is 48.6 Å². The molecule has 6 amide bonds. The Labute approximate surface area is 456 Å². The van der Waals surface area contributed by atoms with Gasteiger partial charge in [0.15, 0.2) is 0 Å². The van der Waals surface area contributed by atoms with Crippen molar-refractivity contribution < 1.29 is 33.4 Å². The number of methoxy groups -OCH3 is 1. The maximum atomic E-state index is 14.0. The standard InChI is InChI=1S/C59H73ClN8O7S/c1-36(52-32-43(35-76-52)44-13-8-9-14-49(44)65(6)58(73)75-59(3,4)5)61-54-46-33-45(51(74-7)34-48(46)62-37(2)63-54)40-15-17-41(18-16-40)55(70)66-26-21-38(22-27-66)11-10-12-39-23-28-67(29-24-39)56(71)42-19-20-47(60)50(31-42)68-30-25-53(69)64-57(68)72/h8-9,13-14,19-20,31-36,38-41H,10-12,15-18,21-30H2,1-7H3,(H,61,62,63)(H,64,69,72)/t36-,40?,41?/m1/s1. The summed E-state index contributed by atoms with van der Waals surface area (Å²) in [6.07, 6.45) is 10.8. The number of piperidine rings is 2. The number of ether oxygens (including phenoxy) is 2. The number of amides is 6. The summed E-state index contributed by atoms with van der Waals surface area (Å²) in [4.78, 5) is 82.6. The van der Waals surface area contributed by atoms with Crippen LogP contribution in [-0.2, 0) is 14.3 Å². The minimum atomic E-state index is -0.608. The van der Waals surface area contributed by atoms with Gasteiger partial charge in [-0.3, -0.25) is 29.5 Å². The van der Waals surface area contributed by atoms with Crippen LogP contribution in [0.3, 0.4) is 0 Å². The number of likely N-dealkylation sites (tertiary alicyclic amines) is 2. The molecule has 3 saturated heterocycles. The Morgan fingerprint density at radius 1 is 0.882 bits per heavy atom. The summed E-state index contributed by atoms with van der Waals surface area (Å²) in [6, 6.07) is 18.7. The number of hydrogen-bond donors (Lipinski definition) is 2. The fraction of sp³-hybridized carbons (Fsp3) is 0.508. The summed E-state index contributed by atoms with van der Waals surface area (Å²) >= 11 is 8.09. The molecule has 2 N–H and O–H groups in total. The first-order valence-electron chi connectivity index (χ1n) is 27.2. The maximum absolute atomic E-state index is 14.0. The highest BCUT2D eigenvalue weighted by molar-refractivity contribution is 7.10. The molecule has 15 nitrogen and oxygen atoms in total. The molecule has 2 aromatic heterocycles. The lowest BCUT2D eigenvalue weighted by atomic mass is 9.77. The van der Waals surface area contributed by atoms with Gasteiger partial charge in [0.2, 0.25) is 11.8 Å². The maximum Gasteiger partial charge on any atom is 0.414 e. The molecule has 76 heavy (non-hydrogen) atoms. The molecule has 4 aliphatic rings. The van der Waals surface area contributed by atoms with Gasteiger partial charge in [-0.15, -0.1) is 11.3 Å². The molecule has 5 heterocycles. The van der Waals surface area contributed by atoms with E-state index in [0.717, 1.165) is 127 Å². The summed E-state index contributed by atoms with van der Waals surface area (Å²) in [6.45, 7) is 12.9. The number of urea groups is 1. The number of para-hydroxylation sites is 1. The molecule has 3 aliphatic heterocycles. The number of hydrogen-bond acceptors (Lipinski definition) is 11. The number of nitrogens with zero attached hydrogens (tertiary/aromatic N) is 6. The molecule has 1 atom stereocenters. The van der Waals surface area contributed by atoms with Gasteiger partial charge in [0, 0.05) is 79.6 Å². The molecule has 4 fully saturated rings. The summed E-state index contributed by atoms with van der Waals surface area (Å²) in [5, 5.41) is 9.46. The van der Waals surface area contributed by atoms with E-state index in [1.165, 1.54) is 11.3 Å². The average Bonchev–Trinajstić information content (AvgIpc) is 3.91. The number of benzene rings is 3. The number of carbonyl (C=O) groups is 5. The second kappa shape index (κ2) is 23.5. The van der Waals surface area contributed by atoms with Crippen LogP contribution in [0.5, 0.6) is 5.75 Å². The van der Waals surface area contributed by atoms with Gasteiger partial charge >= 0.3 is 12.1 Å². The van der Waals surface area contributed by atoms with Crippen molar-refractivity contribution in [2.24, 2.45) is 17.8 Å². The van der Waals surface area contributed by atoms with Crippen LogP contribution in [0.1, 0.15) is 143 Å². The van der Waals surface area contributed by atoms with Gasteiger partial charge in [0.1, 0.15) is 23.0 Å². The Kier molecular flexibility index (Phi) is 16.9. The Balaban J connectivity index is 0.739. The molecule has 0 bridgehead atoms. The van der Waals surface area contributed by atoms with Crippen LogP contribution >= 0.6 is 22.9 Å². The average molecular weight is 1070 g/mol. The van der Waals surface area contributed by atoms with Crippen LogP contribution in [0.15, 0.2) is 66.0 Å². The first kappa shape index (κ1) is 54.5. The third kappa shape index (κ3) is 12.6. The third-order valence-electron chi connectivity index (χ3n) is 15.9. The minimum Gasteiger partial charge on any atom is -0.496 e. The van der Waals surface area contributed by atoms with E-state index in [0.29, 0.717) is 52.9 Å². The predicted octanol–water partition coefficient (Wildman–Crippen LogP) is 12.6. The number of aryl methyl sites for hydroxylation is 1. The molecular formula is C59H73ClN8O7S. The van der Waals surface area contributed by atoms with Gasteiger partial charge in [-0.2, -0.15) is 0 Å². The lowest BCUT2D eigenvalue weighted by Crippen LogP contribution is -2.49. The normalized spacial score (nSPS) is 19.3. The van der Waals surface area contributed by atoms with Gasteiger partial charge in [0.05, 0.1) is 35.1 Å². The lowest BCUT2D eigenvalue weighted by molar-refractivity contribution is -0.138. The minimum absolute atomic E-state index is 0.0336. The van der Waals surface area contributed by atoms with Crippen LogP contribution in [-0.4, -0.2) is 102 Å². The zero-order valence-electron chi connectivity index (χ0n) is 45.1. The number of aromatic nitrogens is 2. The Hall–Kier alpha value is -6.26. The zero-order chi connectivity index (χ0) is 53.8. The molecule has 5 aromatic rings. The van der Waals surface area contributed by atoms with Crippen LogP contribution in [0.2, 0.25) is 5.02 Å². The summed E-state index contributed by atoms with van der Waals surface area (Å²) in [5.41, 5.74) is 4.99.